The van der Waals surface area contributed by atoms with Gasteiger partial charge in [-0.3, -0.25) is 4.90 Å². The minimum atomic E-state index is 0.333. The van der Waals surface area contributed by atoms with E-state index in [2.05, 4.69) is 44.8 Å². The van der Waals surface area contributed by atoms with Gasteiger partial charge in [-0.05, 0) is 30.1 Å². The number of piperazine rings is 1. The summed E-state index contributed by atoms with van der Waals surface area (Å²) in [7, 11) is 0. The average Bonchev–Trinajstić information content (AvgIpc) is 3.17. The first-order valence-electron chi connectivity index (χ1n) is 8.43. The van der Waals surface area contributed by atoms with E-state index in [9.17, 15) is 0 Å². The molecule has 0 aromatic rings. The third kappa shape index (κ3) is 4.71. The van der Waals surface area contributed by atoms with Crippen LogP contribution in [0, 0.1) is 17.3 Å². The molecule has 20 heavy (non-hydrogen) atoms. The fourth-order valence-electron chi connectivity index (χ4n) is 3.25. The van der Waals surface area contributed by atoms with Gasteiger partial charge in [-0.15, -0.1) is 0 Å². The lowest BCUT2D eigenvalue weighted by Crippen LogP contribution is -2.61. The predicted octanol–water partition coefficient (Wildman–Crippen LogP) is 2.76. The molecule has 1 saturated carbocycles. The maximum absolute atomic E-state index is 5.81. The molecule has 2 rings (SSSR count). The van der Waals surface area contributed by atoms with Crippen molar-refractivity contribution in [1.82, 2.24) is 10.2 Å². The SMILES string of the molecule is CC(C)COCCN1CC(C2CC2)NCC1C(C)(C)C. The minimum absolute atomic E-state index is 0.333. The molecule has 1 aliphatic heterocycles. The normalized spacial score (nSPS) is 29.1. The predicted molar refractivity (Wildman–Crippen MR) is 85.0 cm³/mol. The Balaban J connectivity index is 1.84. The highest BCUT2D eigenvalue weighted by molar-refractivity contribution is 4.97. The summed E-state index contributed by atoms with van der Waals surface area (Å²) in [5.74, 6) is 1.57. The third-order valence-electron chi connectivity index (χ3n) is 4.61. The minimum Gasteiger partial charge on any atom is -0.380 e. The summed E-state index contributed by atoms with van der Waals surface area (Å²) in [6.07, 6.45) is 2.85. The number of ether oxygens (including phenoxy) is 1. The van der Waals surface area contributed by atoms with Crippen LogP contribution in [0.25, 0.3) is 0 Å². The summed E-state index contributed by atoms with van der Waals surface area (Å²) in [4.78, 5) is 2.68. The van der Waals surface area contributed by atoms with Crippen LogP contribution in [0.1, 0.15) is 47.5 Å². The van der Waals surface area contributed by atoms with E-state index in [1.165, 1.54) is 19.4 Å². The first kappa shape index (κ1) is 16.3. The number of hydrogen-bond acceptors (Lipinski definition) is 3. The van der Waals surface area contributed by atoms with Gasteiger partial charge >= 0.3 is 0 Å². The Morgan fingerprint density at radius 2 is 1.95 bits per heavy atom. The van der Waals surface area contributed by atoms with E-state index in [-0.39, 0.29) is 0 Å². The van der Waals surface area contributed by atoms with Gasteiger partial charge < -0.3 is 10.1 Å². The van der Waals surface area contributed by atoms with Crippen LogP contribution in [0.3, 0.4) is 0 Å². The van der Waals surface area contributed by atoms with Gasteiger partial charge in [0.2, 0.25) is 0 Å². The number of nitrogens with zero attached hydrogens (tertiary/aromatic N) is 1. The van der Waals surface area contributed by atoms with Gasteiger partial charge in [-0.2, -0.15) is 0 Å². The standard InChI is InChI=1S/C17H34N2O/c1-13(2)12-20-9-8-19-11-15(14-6-7-14)18-10-16(19)17(3,4)5/h13-16,18H,6-12H2,1-5H3. The van der Waals surface area contributed by atoms with Crippen molar-refractivity contribution in [2.45, 2.75) is 59.5 Å². The fourth-order valence-corrected chi connectivity index (χ4v) is 3.25. The number of rotatable bonds is 6. The molecule has 3 nitrogen and oxygen atoms in total. The van der Waals surface area contributed by atoms with Crippen LogP contribution in [0.2, 0.25) is 0 Å². The Kier molecular flexibility index (Phi) is 5.49. The molecule has 1 aliphatic carbocycles. The molecule has 3 heteroatoms. The smallest absolute Gasteiger partial charge is 0.0593 e. The van der Waals surface area contributed by atoms with Gasteiger partial charge in [0.1, 0.15) is 0 Å². The quantitative estimate of drug-likeness (QED) is 0.758. The summed E-state index contributed by atoms with van der Waals surface area (Å²) in [5, 5.41) is 3.79. The van der Waals surface area contributed by atoms with Gasteiger partial charge in [0.25, 0.3) is 0 Å². The van der Waals surface area contributed by atoms with E-state index >= 15 is 0 Å². The molecule has 2 atom stereocenters. The lowest BCUT2D eigenvalue weighted by molar-refractivity contribution is 0.0174. The monoisotopic (exact) mass is 282 g/mol. The van der Waals surface area contributed by atoms with Crippen molar-refractivity contribution in [3.63, 3.8) is 0 Å². The highest BCUT2D eigenvalue weighted by atomic mass is 16.5. The van der Waals surface area contributed by atoms with Gasteiger partial charge in [-0.1, -0.05) is 34.6 Å². The third-order valence-corrected chi connectivity index (χ3v) is 4.61. The van der Waals surface area contributed by atoms with E-state index in [1.54, 1.807) is 0 Å². The van der Waals surface area contributed by atoms with Crippen LogP contribution in [-0.4, -0.2) is 49.8 Å². The van der Waals surface area contributed by atoms with Crippen LogP contribution in [0.15, 0.2) is 0 Å². The Hall–Kier alpha value is -0.120. The molecule has 0 spiro atoms. The molecule has 0 aromatic carbocycles. The van der Waals surface area contributed by atoms with E-state index in [0.29, 0.717) is 17.4 Å². The molecule has 0 radical (unpaired) electrons. The van der Waals surface area contributed by atoms with E-state index < -0.39 is 0 Å². The number of nitrogens with one attached hydrogen (secondary N) is 1. The number of hydrogen-bond donors (Lipinski definition) is 1. The Bertz CT molecular complexity index is 294. The van der Waals surface area contributed by atoms with Crippen molar-refractivity contribution in [3.8, 4) is 0 Å². The van der Waals surface area contributed by atoms with Crippen molar-refractivity contribution >= 4 is 0 Å². The molecule has 0 bridgehead atoms. The van der Waals surface area contributed by atoms with Crippen molar-refractivity contribution in [3.05, 3.63) is 0 Å². The molecule has 1 heterocycles. The van der Waals surface area contributed by atoms with E-state index in [4.69, 9.17) is 4.74 Å². The highest BCUT2D eigenvalue weighted by Crippen LogP contribution is 2.36. The molecular formula is C17H34N2O. The zero-order valence-electron chi connectivity index (χ0n) is 14.1. The molecule has 2 unspecified atom stereocenters. The van der Waals surface area contributed by atoms with Crippen molar-refractivity contribution in [1.29, 1.82) is 0 Å². The molecule has 2 aliphatic rings. The molecule has 118 valence electrons. The fraction of sp³-hybridized carbons (Fsp3) is 1.00. The Labute approximate surface area is 125 Å². The summed E-state index contributed by atoms with van der Waals surface area (Å²) < 4.78 is 5.81. The molecule has 1 N–H and O–H groups in total. The summed E-state index contributed by atoms with van der Waals surface area (Å²) in [6.45, 7) is 16.7. The maximum atomic E-state index is 5.81. The van der Waals surface area contributed by atoms with Gasteiger partial charge in [-0.25, -0.2) is 0 Å². The van der Waals surface area contributed by atoms with Gasteiger partial charge in [0.05, 0.1) is 6.61 Å². The first-order chi connectivity index (χ1) is 9.38. The topological polar surface area (TPSA) is 24.5 Å². The van der Waals surface area contributed by atoms with Gasteiger partial charge in [0.15, 0.2) is 0 Å². The van der Waals surface area contributed by atoms with Crippen LogP contribution in [-0.2, 0) is 4.74 Å². The molecule has 1 saturated heterocycles. The molecule has 0 amide bonds. The Morgan fingerprint density at radius 3 is 2.50 bits per heavy atom. The maximum Gasteiger partial charge on any atom is 0.0593 e. The Morgan fingerprint density at radius 1 is 1.25 bits per heavy atom. The lowest BCUT2D eigenvalue weighted by Gasteiger charge is -2.46. The van der Waals surface area contributed by atoms with Crippen LogP contribution in [0.4, 0.5) is 0 Å². The van der Waals surface area contributed by atoms with E-state index in [0.717, 1.165) is 38.3 Å². The van der Waals surface area contributed by atoms with E-state index in [1.807, 2.05) is 0 Å². The van der Waals surface area contributed by atoms with Crippen LogP contribution >= 0.6 is 0 Å². The van der Waals surface area contributed by atoms with Crippen LogP contribution < -0.4 is 5.32 Å². The zero-order chi connectivity index (χ0) is 14.8. The summed E-state index contributed by atoms with van der Waals surface area (Å²) in [6, 6.07) is 1.35. The first-order valence-corrected chi connectivity index (χ1v) is 8.43. The van der Waals surface area contributed by atoms with Gasteiger partial charge in [0, 0.05) is 38.3 Å². The van der Waals surface area contributed by atoms with Crippen LogP contribution in [0.5, 0.6) is 0 Å². The molecular weight excluding hydrogens is 248 g/mol. The average molecular weight is 282 g/mol. The highest BCUT2D eigenvalue weighted by Gasteiger charge is 2.40. The second-order valence-electron chi connectivity index (χ2n) is 8.20. The van der Waals surface area contributed by atoms with Crippen molar-refractivity contribution < 1.29 is 4.74 Å². The lowest BCUT2D eigenvalue weighted by atomic mass is 9.83. The second kappa shape index (κ2) is 6.76. The second-order valence-corrected chi connectivity index (χ2v) is 8.20. The zero-order valence-corrected chi connectivity index (χ0v) is 14.1. The molecule has 0 aromatic heterocycles. The largest absolute Gasteiger partial charge is 0.380 e. The van der Waals surface area contributed by atoms with Crippen molar-refractivity contribution in [2.24, 2.45) is 17.3 Å². The molecule has 2 fully saturated rings. The van der Waals surface area contributed by atoms with Crippen molar-refractivity contribution in [2.75, 3.05) is 32.8 Å². The summed E-state index contributed by atoms with van der Waals surface area (Å²) in [5.41, 5.74) is 0.333. The summed E-state index contributed by atoms with van der Waals surface area (Å²) >= 11 is 0.